The number of anilines is 1. The maximum absolute atomic E-state index is 13.0. The molecule has 1 aliphatic carbocycles. The first-order chi connectivity index (χ1) is 11.0. The molecule has 1 saturated carbocycles. The highest BCUT2D eigenvalue weighted by Crippen LogP contribution is 2.27. The number of halogens is 1. The van der Waals surface area contributed by atoms with Crippen LogP contribution in [0.5, 0.6) is 0 Å². The van der Waals surface area contributed by atoms with Gasteiger partial charge in [-0.3, -0.25) is 9.59 Å². The minimum Gasteiger partial charge on any atom is -0.353 e. The quantitative estimate of drug-likeness (QED) is 0.931. The molecule has 2 amide bonds. The topological polar surface area (TPSA) is 49.4 Å². The van der Waals surface area contributed by atoms with Gasteiger partial charge in [0.1, 0.15) is 5.82 Å². The number of rotatable bonds is 3. The molecule has 0 bridgehead atoms. The molecule has 3 rings (SSSR count). The lowest BCUT2D eigenvalue weighted by atomic mass is 9.85. The lowest BCUT2D eigenvalue weighted by Crippen LogP contribution is -2.44. The summed E-state index contributed by atoms with van der Waals surface area (Å²) >= 11 is 0. The van der Waals surface area contributed by atoms with Crippen molar-refractivity contribution in [1.82, 2.24) is 5.32 Å². The predicted molar refractivity (Wildman–Crippen MR) is 86.4 cm³/mol. The molecule has 23 heavy (non-hydrogen) atoms. The van der Waals surface area contributed by atoms with E-state index in [2.05, 4.69) is 12.2 Å². The van der Waals surface area contributed by atoms with E-state index in [4.69, 9.17) is 0 Å². The molecule has 2 fully saturated rings. The van der Waals surface area contributed by atoms with Crippen LogP contribution in [-0.2, 0) is 9.59 Å². The number of benzene rings is 1. The van der Waals surface area contributed by atoms with Crippen LogP contribution in [0.3, 0.4) is 0 Å². The molecule has 0 unspecified atom stereocenters. The Labute approximate surface area is 136 Å². The highest BCUT2D eigenvalue weighted by Gasteiger charge is 2.36. The summed E-state index contributed by atoms with van der Waals surface area (Å²) < 4.78 is 13.0. The lowest BCUT2D eigenvalue weighted by molar-refractivity contribution is -0.127. The zero-order chi connectivity index (χ0) is 16.4. The standard InChI is InChI=1S/C18H23FN2O2/c1-12-4-2-3-5-16(12)20-18(23)13-10-17(22)21(11-13)15-8-6-14(19)7-9-15/h6-9,12-13,16H,2-5,10-11H2,1H3,(H,20,23)/t12-,13+,16+/m1/s1. The van der Waals surface area contributed by atoms with Crippen LogP contribution in [0.15, 0.2) is 24.3 Å². The Hall–Kier alpha value is -1.91. The number of carbonyl (C=O) groups excluding carboxylic acids is 2. The fraction of sp³-hybridized carbons (Fsp3) is 0.556. The Morgan fingerprint density at radius 3 is 2.61 bits per heavy atom. The molecule has 124 valence electrons. The molecule has 1 aromatic carbocycles. The van der Waals surface area contributed by atoms with Crippen molar-refractivity contribution in [3.8, 4) is 0 Å². The van der Waals surface area contributed by atoms with E-state index in [0.717, 1.165) is 19.3 Å². The number of hydrogen-bond acceptors (Lipinski definition) is 2. The summed E-state index contributed by atoms with van der Waals surface area (Å²) in [6.07, 6.45) is 4.78. The summed E-state index contributed by atoms with van der Waals surface area (Å²) in [4.78, 5) is 26.2. The van der Waals surface area contributed by atoms with Gasteiger partial charge in [0.2, 0.25) is 11.8 Å². The Morgan fingerprint density at radius 2 is 1.91 bits per heavy atom. The Balaban J connectivity index is 1.62. The van der Waals surface area contributed by atoms with Gasteiger partial charge in [-0.2, -0.15) is 0 Å². The average Bonchev–Trinajstić information content (AvgIpc) is 2.92. The van der Waals surface area contributed by atoms with Crippen LogP contribution in [0.2, 0.25) is 0 Å². The molecule has 3 atom stereocenters. The highest BCUT2D eigenvalue weighted by atomic mass is 19.1. The normalized spacial score (nSPS) is 28.0. The van der Waals surface area contributed by atoms with Gasteiger partial charge in [-0.1, -0.05) is 19.8 Å². The van der Waals surface area contributed by atoms with Crippen LogP contribution in [0.25, 0.3) is 0 Å². The second-order valence-corrected chi connectivity index (χ2v) is 6.76. The SMILES string of the molecule is C[C@@H]1CCCC[C@@H]1NC(=O)[C@H]1CC(=O)N(c2ccc(F)cc2)C1. The maximum atomic E-state index is 13.0. The third kappa shape index (κ3) is 3.54. The summed E-state index contributed by atoms with van der Waals surface area (Å²) in [6.45, 7) is 2.55. The van der Waals surface area contributed by atoms with E-state index in [-0.39, 0.29) is 36.0 Å². The smallest absolute Gasteiger partial charge is 0.227 e. The van der Waals surface area contributed by atoms with Crippen molar-refractivity contribution < 1.29 is 14.0 Å². The molecule has 1 aromatic rings. The minimum atomic E-state index is -0.332. The first kappa shape index (κ1) is 16.0. The summed E-state index contributed by atoms with van der Waals surface area (Å²) in [5, 5.41) is 3.13. The van der Waals surface area contributed by atoms with E-state index in [1.165, 1.54) is 18.6 Å². The molecule has 1 N–H and O–H groups in total. The predicted octanol–water partition coefficient (Wildman–Crippen LogP) is 2.87. The minimum absolute atomic E-state index is 0.0262. The Bertz CT molecular complexity index is 587. The molecule has 1 aliphatic heterocycles. The first-order valence-corrected chi connectivity index (χ1v) is 8.41. The molecule has 0 aromatic heterocycles. The van der Waals surface area contributed by atoms with Crippen LogP contribution in [0, 0.1) is 17.7 Å². The van der Waals surface area contributed by atoms with Gasteiger partial charge in [-0.25, -0.2) is 4.39 Å². The fourth-order valence-electron chi connectivity index (χ4n) is 3.59. The van der Waals surface area contributed by atoms with E-state index >= 15 is 0 Å². The van der Waals surface area contributed by atoms with Gasteiger partial charge in [-0.05, 0) is 43.0 Å². The molecular weight excluding hydrogens is 295 g/mol. The number of nitrogens with zero attached hydrogens (tertiary/aromatic N) is 1. The summed E-state index contributed by atoms with van der Waals surface area (Å²) in [5.74, 6) is -0.254. The van der Waals surface area contributed by atoms with Gasteiger partial charge in [-0.15, -0.1) is 0 Å². The van der Waals surface area contributed by atoms with Crippen LogP contribution in [0.1, 0.15) is 39.0 Å². The van der Waals surface area contributed by atoms with Crippen molar-refractivity contribution in [3.05, 3.63) is 30.1 Å². The fourth-order valence-corrected chi connectivity index (χ4v) is 3.59. The van der Waals surface area contributed by atoms with E-state index in [1.54, 1.807) is 17.0 Å². The van der Waals surface area contributed by atoms with Gasteiger partial charge < -0.3 is 10.2 Å². The van der Waals surface area contributed by atoms with E-state index < -0.39 is 0 Å². The lowest BCUT2D eigenvalue weighted by Gasteiger charge is -2.30. The Morgan fingerprint density at radius 1 is 1.22 bits per heavy atom. The van der Waals surface area contributed by atoms with Crippen molar-refractivity contribution in [2.45, 2.75) is 45.1 Å². The highest BCUT2D eigenvalue weighted by molar-refractivity contribution is 6.00. The second kappa shape index (κ2) is 6.69. The summed E-state index contributed by atoms with van der Waals surface area (Å²) in [5.41, 5.74) is 0.651. The van der Waals surface area contributed by atoms with E-state index in [1.807, 2.05) is 0 Å². The number of hydrogen-bond donors (Lipinski definition) is 1. The second-order valence-electron chi connectivity index (χ2n) is 6.76. The van der Waals surface area contributed by atoms with Crippen LogP contribution in [-0.4, -0.2) is 24.4 Å². The van der Waals surface area contributed by atoms with Crippen molar-refractivity contribution in [2.24, 2.45) is 11.8 Å². The third-order valence-electron chi connectivity index (χ3n) is 5.07. The van der Waals surface area contributed by atoms with Gasteiger partial charge in [0.25, 0.3) is 0 Å². The van der Waals surface area contributed by atoms with Crippen LogP contribution in [0.4, 0.5) is 10.1 Å². The number of carbonyl (C=O) groups is 2. The molecular formula is C18H23FN2O2. The third-order valence-corrected chi connectivity index (χ3v) is 5.07. The molecule has 1 heterocycles. The molecule has 5 heteroatoms. The van der Waals surface area contributed by atoms with Gasteiger partial charge in [0.05, 0.1) is 5.92 Å². The van der Waals surface area contributed by atoms with Crippen molar-refractivity contribution >= 4 is 17.5 Å². The summed E-state index contributed by atoms with van der Waals surface area (Å²) in [7, 11) is 0. The van der Waals surface area contributed by atoms with Gasteiger partial charge in [0.15, 0.2) is 0 Å². The largest absolute Gasteiger partial charge is 0.353 e. The maximum Gasteiger partial charge on any atom is 0.227 e. The number of nitrogens with one attached hydrogen (secondary N) is 1. The Kier molecular flexibility index (Phi) is 4.64. The van der Waals surface area contributed by atoms with Crippen molar-refractivity contribution in [1.29, 1.82) is 0 Å². The van der Waals surface area contributed by atoms with Crippen molar-refractivity contribution in [3.63, 3.8) is 0 Å². The zero-order valence-electron chi connectivity index (χ0n) is 13.4. The van der Waals surface area contributed by atoms with E-state index in [0.29, 0.717) is 18.2 Å². The average molecular weight is 318 g/mol. The molecule has 2 aliphatic rings. The van der Waals surface area contributed by atoms with Gasteiger partial charge in [0, 0.05) is 24.7 Å². The molecule has 4 nitrogen and oxygen atoms in total. The van der Waals surface area contributed by atoms with E-state index in [9.17, 15) is 14.0 Å². The van der Waals surface area contributed by atoms with Crippen molar-refractivity contribution in [2.75, 3.05) is 11.4 Å². The van der Waals surface area contributed by atoms with Gasteiger partial charge >= 0.3 is 0 Å². The molecule has 0 spiro atoms. The van der Waals surface area contributed by atoms with Crippen LogP contribution < -0.4 is 10.2 Å². The summed E-state index contributed by atoms with van der Waals surface area (Å²) in [6, 6.07) is 6.05. The molecule has 1 saturated heterocycles. The zero-order valence-corrected chi connectivity index (χ0v) is 13.4. The molecule has 0 radical (unpaired) electrons. The monoisotopic (exact) mass is 318 g/mol. The van der Waals surface area contributed by atoms with Crippen LogP contribution >= 0.6 is 0 Å². The number of amides is 2. The first-order valence-electron chi connectivity index (χ1n) is 8.41.